The molecule has 1 aromatic rings. The summed E-state index contributed by atoms with van der Waals surface area (Å²) in [6.07, 6.45) is 2.16. The summed E-state index contributed by atoms with van der Waals surface area (Å²) in [7, 11) is 0. The first kappa shape index (κ1) is 13.4. The van der Waals surface area contributed by atoms with Gasteiger partial charge >= 0.3 is 0 Å². The number of hydrogen-bond acceptors (Lipinski definition) is 3. The molecule has 0 bridgehead atoms. The van der Waals surface area contributed by atoms with E-state index in [1.165, 1.54) is 0 Å². The summed E-state index contributed by atoms with van der Waals surface area (Å²) in [5.74, 6) is 0.735. The highest BCUT2D eigenvalue weighted by atomic mass is 16.5. The van der Waals surface area contributed by atoms with Crippen molar-refractivity contribution in [1.82, 2.24) is 0 Å². The number of nitrogens with two attached hydrogens (primary N) is 1. The minimum atomic E-state index is 0.0763. The van der Waals surface area contributed by atoms with Gasteiger partial charge in [0, 0.05) is 0 Å². The zero-order chi connectivity index (χ0) is 12.8. The predicted molar refractivity (Wildman–Crippen MR) is 68.7 cm³/mol. The predicted octanol–water partition coefficient (Wildman–Crippen LogP) is 2.66. The first-order valence-electron chi connectivity index (χ1n) is 5.83. The Morgan fingerprint density at radius 2 is 2.24 bits per heavy atom. The van der Waals surface area contributed by atoms with Crippen LogP contribution >= 0.6 is 0 Å². The molecule has 4 heteroatoms. The van der Waals surface area contributed by atoms with Crippen LogP contribution in [0.5, 0.6) is 5.75 Å². The molecule has 0 saturated carbocycles. The number of oxime groups is 1. The lowest BCUT2D eigenvalue weighted by molar-refractivity contribution is 0.209. The summed E-state index contributed by atoms with van der Waals surface area (Å²) in [5, 5.41) is 11.8. The molecule has 0 spiro atoms. The third kappa shape index (κ3) is 3.66. The summed E-state index contributed by atoms with van der Waals surface area (Å²) in [6.45, 7) is 6.08. The van der Waals surface area contributed by atoms with Gasteiger partial charge in [-0.3, -0.25) is 0 Å². The quantitative estimate of drug-likeness (QED) is 0.357. The van der Waals surface area contributed by atoms with E-state index in [0.29, 0.717) is 11.3 Å². The lowest BCUT2D eigenvalue weighted by Crippen LogP contribution is -2.18. The molecule has 0 aliphatic rings. The number of ether oxygens (including phenoxy) is 1. The van der Waals surface area contributed by atoms with Crippen molar-refractivity contribution in [3.63, 3.8) is 0 Å². The molecule has 1 atom stereocenters. The number of aryl methyl sites for hydroxylation is 1. The number of amidine groups is 1. The fourth-order valence-electron chi connectivity index (χ4n) is 1.68. The first-order valence-corrected chi connectivity index (χ1v) is 5.83. The van der Waals surface area contributed by atoms with Gasteiger partial charge in [0.1, 0.15) is 5.75 Å². The molecular weight excluding hydrogens is 216 g/mol. The molecule has 0 aliphatic heterocycles. The van der Waals surface area contributed by atoms with Crippen molar-refractivity contribution >= 4 is 5.84 Å². The Morgan fingerprint density at radius 3 is 2.82 bits per heavy atom. The number of nitrogens with zero attached hydrogens (tertiary/aromatic N) is 1. The van der Waals surface area contributed by atoms with E-state index in [2.05, 4.69) is 12.1 Å². The molecule has 0 saturated heterocycles. The Bertz CT molecular complexity index is 402. The van der Waals surface area contributed by atoms with Crippen LogP contribution in [-0.4, -0.2) is 17.1 Å². The van der Waals surface area contributed by atoms with Gasteiger partial charge in [0.05, 0.1) is 11.7 Å². The molecule has 1 unspecified atom stereocenters. The Hall–Kier alpha value is -1.71. The van der Waals surface area contributed by atoms with Crippen molar-refractivity contribution in [3.05, 3.63) is 29.3 Å². The zero-order valence-corrected chi connectivity index (χ0v) is 10.6. The van der Waals surface area contributed by atoms with E-state index in [0.717, 1.165) is 18.4 Å². The Kier molecular flexibility index (Phi) is 4.82. The van der Waals surface area contributed by atoms with Gasteiger partial charge in [0.2, 0.25) is 0 Å². The fourth-order valence-corrected chi connectivity index (χ4v) is 1.68. The maximum absolute atomic E-state index is 8.75. The van der Waals surface area contributed by atoms with Gasteiger partial charge in [0.25, 0.3) is 0 Å². The van der Waals surface area contributed by atoms with E-state index < -0.39 is 0 Å². The third-order valence-corrected chi connectivity index (χ3v) is 2.54. The van der Waals surface area contributed by atoms with Crippen molar-refractivity contribution in [1.29, 1.82) is 0 Å². The van der Waals surface area contributed by atoms with E-state index in [9.17, 15) is 0 Å². The SMILES string of the molecule is CCCC(C)Oc1ccc(C)cc1/C(N)=N/O. The van der Waals surface area contributed by atoms with Crippen molar-refractivity contribution in [3.8, 4) is 5.75 Å². The van der Waals surface area contributed by atoms with E-state index in [1.807, 2.05) is 32.0 Å². The minimum Gasteiger partial charge on any atom is -0.490 e. The summed E-state index contributed by atoms with van der Waals surface area (Å²) >= 11 is 0. The molecule has 4 nitrogen and oxygen atoms in total. The van der Waals surface area contributed by atoms with Gasteiger partial charge < -0.3 is 15.7 Å². The zero-order valence-electron chi connectivity index (χ0n) is 10.6. The molecule has 1 aromatic carbocycles. The van der Waals surface area contributed by atoms with Gasteiger partial charge in [-0.05, 0) is 32.4 Å². The molecule has 0 aromatic heterocycles. The van der Waals surface area contributed by atoms with Crippen LogP contribution < -0.4 is 10.5 Å². The molecule has 0 heterocycles. The summed E-state index contributed by atoms with van der Waals surface area (Å²) in [5.41, 5.74) is 7.31. The highest BCUT2D eigenvalue weighted by molar-refractivity contribution is 5.99. The van der Waals surface area contributed by atoms with E-state index >= 15 is 0 Å². The highest BCUT2D eigenvalue weighted by Crippen LogP contribution is 2.22. The van der Waals surface area contributed by atoms with Crippen LogP contribution in [0.3, 0.4) is 0 Å². The fraction of sp³-hybridized carbons (Fsp3) is 0.462. The molecule has 1 rings (SSSR count). The average Bonchev–Trinajstić information content (AvgIpc) is 2.30. The lowest BCUT2D eigenvalue weighted by atomic mass is 10.1. The van der Waals surface area contributed by atoms with Crippen LogP contribution in [0.15, 0.2) is 23.4 Å². The Morgan fingerprint density at radius 1 is 1.53 bits per heavy atom. The first-order chi connectivity index (χ1) is 8.08. The molecule has 0 aliphatic carbocycles. The Balaban J connectivity index is 2.98. The van der Waals surface area contributed by atoms with Crippen LogP contribution in [0.1, 0.15) is 37.8 Å². The van der Waals surface area contributed by atoms with Crippen LogP contribution in [0, 0.1) is 6.92 Å². The average molecular weight is 236 g/mol. The Labute approximate surface area is 102 Å². The smallest absolute Gasteiger partial charge is 0.173 e. The molecule has 17 heavy (non-hydrogen) atoms. The van der Waals surface area contributed by atoms with Crippen molar-refractivity contribution < 1.29 is 9.94 Å². The van der Waals surface area contributed by atoms with E-state index in [1.54, 1.807) is 0 Å². The van der Waals surface area contributed by atoms with Gasteiger partial charge in [-0.2, -0.15) is 0 Å². The maximum Gasteiger partial charge on any atom is 0.173 e. The minimum absolute atomic E-state index is 0.0763. The topological polar surface area (TPSA) is 67.8 Å². The molecule has 94 valence electrons. The second-order valence-corrected chi connectivity index (χ2v) is 4.20. The van der Waals surface area contributed by atoms with Crippen LogP contribution in [0.4, 0.5) is 0 Å². The third-order valence-electron chi connectivity index (χ3n) is 2.54. The molecule has 0 radical (unpaired) electrons. The van der Waals surface area contributed by atoms with Crippen molar-refractivity contribution in [2.24, 2.45) is 10.9 Å². The lowest BCUT2D eigenvalue weighted by Gasteiger charge is -2.16. The van der Waals surface area contributed by atoms with Gasteiger partial charge in [-0.15, -0.1) is 0 Å². The van der Waals surface area contributed by atoms with Crippen LogP contribution in [0.25, 0.3) is 0 Å². The van der Waals surface area contributed by atoms with Gasteiger partial charge in [-0.25, -0.2) is 0 Å². The molecule has 3 N–H and O–H groups in total. The summed E-state index contributed by atoms with van der Waals surface area (Å²) < 4.78 is 5.79. The molecular formula is C13H20N2O2. The number of rotatable bonds is 5. The monoisotopic (exact) mass is 236 g/mol. The number of benzene rings is 1. The van der Waals surface area contributed by atoms with Crippen molar-refractivity contribution in [2.45, 2.75) is 39.7 Å². The highest BCUT2D eigenvalue weighted by Gasteiger charge is 2.11. The van der Waals surface area contributed by atoms with Crippen LogP contribution in [0.2, 0.25) is 0 Å². The number of hydrogen-bond donors (Lipinski definition) is 2. The second kappa shape index (κ2) is 6.13. The van der Waals surface area contributed by atoms with E-state index in [-0.39, 0.29) is 11.9 Å². The van der Waals surface area contributed by atoms with Gasteiger partial charge in [-0.1, -0.05) is 30.1 Å². The van der Waals surface area contributed by atoms with Crippen molar-refractivity contribution in [2.75, 3.05) is 0 Å². The summed E-state index contributed by atoms with van der Waals surface area (Å²) in [4.78, 5) is 0. The molecule has 0 fully saturated rings. The molecule has 0 amide bonds. The second-order valence-electron chi connectivity index (χ2n) is 4.20. The summed E-state index contributed by atoms with van der Waals surface area (Å²) in [6, 6.07) is 5.65. The van der Waals surface area contributed by atoms with Crippen LogP contribution in [-0.2, 0) is 0 Å². The van der Waals surface area contributed by atoms with E-state index in [4.69, 9.17) is 15.7 Å². The standard InChI is InChI=1S/C13H20N2O2/c1-4-5-10(3)17-12-7-6-9(2)8-11(12)13(14)15-16/h6-8,10,16H,4-5H2,1-3H3,(H2,14,15). The van der Waals surface area contributed by atoms with Gasteiger partial charge in [0.15, 0.2) is 5.84 Å². The maximum atomic E-state index is 8.75. The normalized spacial score (nSPS) is 13.5. The largest absolute Gasteiger partial charge is 0.490 e.